The molecular weight excluding hydrogens is 334 g/mol. The largest absolute Gasteiger partial charge is 0.368 e. The maximum Gasteiger partial charge on any atom is 0.368 e. The van der Waals surface area contributed by atoms with Crippen LogP contribution in [0.4, 0.5) is 4.20 Å². The highest BCUT2D eigenvalue weighted by molar-refractivity contribution is 7.53. The van der Waals surface area contributed by atoms with Gasteiger partial charge in [-0.05, 0) is 17.5 Å². The third-order valence-electron chi connectivity index (χ3n) is 4.34. The molecule has 0 saturated carbocycles. The predicted molar refractivity (Wildman–Crippen MR) is 103 cm³/mol. The molecule has 0 aromatic heterocycles. The summed E-state index contributed by atoms with van der Waals surface area (Å²) in [5, 5.41) is 0. The van der Waals surface area contributed by atoms with E-state index in [-0.39, 0.29) is 18.7 Å². The van der Waals surface area contributed by atoms with Crippen LogP contribution in [0.3, 0.4) is 0 Å². The van der Waals surface area contributed by atoms with Gasteiger partial charge < -0.3 is 4.52 Å². The molecule has 2 aromatic rings. The SMILES string of the molecule is CCCCCCCOP(=O)(F)CC(c1ccccc1)c1ccccc1. The van der Waals surface area contributed by atoms with Crippen LogP contribution in [0, 0.1) is 0 Å². The molecule has 1 unspecified atom stereocenters. The third kappa shape index (κ3) is 7.13. The van der Waals surface area contributed by atoms with Crippen LogP contribution in [0.15, 0.2) is 60.7 Å². The lowest BCUT2D eigenvalue weighted by Crippen LogP contribution is -2.07. The second kappa shape index (κ2) is 10.5. The molecule has 0 spiro atoms. The molecule has 0 aliphatic heterocycles. The Bertz CT molecular complexity index is 606. The third-order valence-corrected chi connectivity index (χ3v) is 5.71. The Kier molecular flexibility index (Phi) is 8.37. The van der Waals surface area contributed by atoms with Crippen molar-refractivity contribution in [3.63, 3.8) is 0 Å². The summed E-state index contributed by atoms with van der Waals surface area (Å²) in [5.41, 5.74) is 1.91. The van der Waals surface area contributed by atoms with Gasteiger partial charge in [0.15, 0.2) is 0 Å². The Morgan fingerprint density at radius 2 is 1.40 bits per heavy atom. The lowest BCUT2D eigenvalue weighted by molar-refractivity contribution is 0.276. The molecule has 0 amide bonds. The zero-order valence-corrected chi connectivity index (χ0v) is 15.8. The topological polar surface area (TPSA) is 26.3 Å². The smallest absolute Gasteiger partial charge is 0.306 e. The van der Waals surface area contributed by atoms with Crippen molar-refractivity contribution in [1.29, 1.82) is 0 Å². The van der Waals surface area contributed by atoms with Gasteiger partial charge >= 0.3 is 7.68 Å². The Morgan fingerprint density at radius 3 is 1.92 bits per heavy atom. The van der Waals surface area contributed by atoms with Gasteiger partial charge in [0, 0.05) is 5.92 Å². The average molecular weight is 362 g/mol. The van der Waals surface area contributed by atoms with Crippen LogP contribution in [-0.4, -0.2) is 12.8 Å². The van der Waals surface area contributed by atoms with E-state index in [2.05, 4.69) is 6.92 Å². The molecule has 0 aliphatic carbocycles. The van der Waals surface area contributed by atoms with Crippen molar-refractivity contribution in [2.24, 2.45) is 0 Å². The minimum absolute atomic E-state index is 0.115. The molecule has 0 saturated heterocycles. The first-order valence-corrected chi connectivity index (χ1v) is 10.9. The minimum Gasteiger partial charge on any atom is -0.306 e. The number of rotatable bonds is 11. The molecule has 0 heterocycles. The maximum absolute atomic E-state index is 14.6. The van der Waals surface area contributed by atoms with Crippen LogP contribution in [-0.2, 0) is 9.09 Å². The first-order chi connectivity index (χ1) is 12.1. The van der Waals surface area contributed by atoms with E-state index < -0.39 is 7.68 Å². The first kappa shape index (κ1) is 19.9. The van der Waals surface area contributed by atoms with E-state index in [1.807, 2.05) is 60.7 Å². The summed E-state index contributed by atoms with van der Waals surface area (Å²) in [4.78, 5) is 0. The molecule has 0 bridgehead atoms. The number of halogens is 1. The van der Waals surface area contributed by atoms with Gasteiger partial charge in [-0.15, -0.1) is 0 Å². The summed E-state index contributed by atoms with van der Waals surface area (Å²) in [6.07, 6.45) is 5.10. The molecule has 2 rings (SSSR count). The van der Waals surface area contributed by atoms with Crippen LogP contribution in [0.2, 0.25) is 0 Å². The molecule has 0 N–H and O–H groups in total. The van der Waals surface area contributed by atoms with E-state index in [1.165, 1.54) is 6.42 Å². The highest BCUT2D eigenvalue weighted by Gasteiger charge is 2.29. The lowest BCUT2D eigenvalue weighted by atomic mass is 9.93. The predicted octanol–water partition coefficient (Wildman–Crippen LogP) is 6.97. The van der Waals surface area contributed by atoms with Gasteiger partial charge in [-0.1, -0.05) is 93.3 Å². The zero-order valence-electron chi connectivity index (χ0n) is 14.9. The normalized spacial score (nSPS) is 13.7. The molecule has 2 nitrogen and oxygen atoms in total. The Labute approximate surface area is 151 Å². The zero-order chi connectivity index (χ0) is 18.0. The molecule has 0 aliphatic rings. The average Bonchev–Trinajstić information content (AvgIpc) is 2.64. The van der Waals surface area contributed by atoms with E-state index >= 15 is 0 Å². The maximum atomic E-state index is 14.6. The summed E-state index contributed by atoms with van der Waals surface area (Å²) in [7, 11) is -4.14. The second-order valence-corrected chi connectivity index (χ2v) is 8.20. The first-order valence-electron chi connectivity index (χ1n) is 9.15. The molecule has 1 atom stereocenters. The summed E-state index contributed by atoms with van der Waals surface area (Å²) < 4.78 is 32.2. The van der Waals surface area contributed by atoms with Crippen molar-refractivity contribution in [1.82, 2.24) is 0 Å². The van der Waals surface area contributed by atoms with Crippen LogP contribution in [0.1, 0.15) is 56.1 Å². The van der Waals surface area contributed by atoms with Crippen molar-refractivity contribution in [3.05, 3.63) is 71.8 Å². The van der Waals surface area contributed by atoms with E-state index in [1.54, 1.807) is 0 Å². The van der Waals surface area contributed by atoms with Gasteiger partial charge in [0.25, 0.3) is 0 Å². The Hall–Kier alpha value is -1.44. The summed E-state index contributed by atoms with van der Waals surface area (Å²) in [5.74, 6) is -0.265. The van der Waals surface area contributed by atoms with E-state index in [9.17, 15) is 8.76 Å². The fourth-order valence-electron chi connectivity index (χ4n) is 2.95. The van der Waals surface area contributed by atoms with E-state index in [0.29, 0.717) is 0 Å². The van der Waals surface area contributed by atoms with Gasteiger partial charge in [-0.2, -0.15) is 4.20 Å². The molecule has 4 heteroatoms. The number of hydrogen-bond acceptors (Lipinski definition) is 2. The van der Waals surface area contributed by atoms with Gasteiger partial charge in [-0.25, -0.2) is 0 Å². The van der Waals surface area contributed by atoms with Crippen molar-refractivity contribution in [2.45, 2.75) is 44.9 Å². The number of benzene rings is 2. The van der Waals surface area contributed by atoms with Gasteiger partial charge in [0.2, 0.25) is 0 Å². The van der Waals surface area contributed by atoms with Gasteiger partial charge in [0.05, 0.1) is 12.8 Å². The minimum atomic E-state index is -4.14. The van der Waals surface area contributed by atoms with E-state index in [0.717, 1.165) is 36.8 Å². The Morgan fingerprint density at radius 1 is 0.880 bits per heavy atom. The van der Waals surface area contributed by atoms with Gasteiger partial charge in [-0.3, -0.25) is 4.57 Å². The van der Waals surface area contributed by atoms with Crippen molar-refractivity contribution in [2.75, 3.05) is 12.8 Å². The summed E-state index contributed by atoms with van der Waals surface area (Å²) in [6.45, 7) is 2.38. The molecule has 0 radical (unpaired) electrons. The number of unbranched alkanes of at least 4 members (excludes halogenated alkanes) is 4. The fraction of sp³-hybridized carbons (Fsp3) is 0.429. The quantitative estimate of drug-likeness (QED) is 0.319. The van der Waals surface area contributed by atoms with Crippen LogP contribution in [0.25, 0.3) is 0 Å². The Balaban J connectivity index is 2.00. The van der Waals surface area contributed by atoms with Crippen molar-refractivity contribution >= 4 is 7.68 Å². The second-order valence-electron chi connectivity index (χ2n) is 6.39. The van der Waals surface area contributed by atoms with E-state index in [4.69, 9.17) is 4.52 Å². The van der Waals surface area contributed by atoms with Crippen molar-refractivity contribution in [3.8, 4) is 0 Å². The van der Waals surface area contributed by atoms with Crippen LogP contribution < -0.4 is 0 Å². The standard InChI is InChI=1S/C21H28FO2P/c1-2-3-4-5-12-17-24-25(22,23)18-21(19-13-8-6-9-14-19)20-15-10-7-11-16-20/h6-11,13-16,21H,2-5,12,17-18H2,1H3. The van der Waals surface area contributed by atoms with Crippen LogP contribution in [0.5, 0.6) is 0 Å². The monoisotopic (exact) mass is 362 g/mol. The fourth-order valence-corrected chi connectivity index (χ4v) is 4.32. The molecule has 25 heavy (non-hydrogen) atoms. The number of hydrogen-bond donors (Lipinski definition) is 0. The van der Waals surface area contributed by atoms with Crippen molar-refractivity contribution < 1.29 is 13.3 Å². The highest BCUT2D eigenvalue weighted by Crippen LogP contribution is 2.53. The molecule has 2 aromatic carbocycles. The van der Waals surface area contributed by atoms with Crippen LogP contribution >= 0.6 is 7.68 Å². The molecule has 136 valence electrons. The molecule has 0 fully saturated rings. The lowest BCUT2D eigenvalue weighted by Gasteiger charge is -2.20. The van der Waals surface area contributed by atoms with Gasteiger partial charge in [0.1, 0.15) is 0 Å². The summed E-state index contributed by atoms with van der Waals surface area (Å²) >= 11 is 0. The molecular formula is C21H28FO2P. The highest BCUT2D eigenvalue weighted by atomic mass is 31.2. The summed E-state index contributed by atoms with van der Waals surface area (Å²) in [6, 6.07) is 19.3.